The fourth-order valence-electron chi connectivity index (χ4n) is 8.97. The van der Waals surface area contributed by atoms with Crippen LogP contribution in [0.15, 0.2) is 170 Å². The Morgan fingerprint density at radius 1 is 0.377 bits per heavy atom. The highest BCUT2D eigenvalue weighted by Crippen LogP contribution is 2.50. The van der Waals surface area contributed by atoms with E-state index >= 15 is 0 Å². The number of benzene rings is 6. The summed E-state index contributed by atoms with van der Waals surface area (Å²) in [6, 6.07) is 53.7. The molecule has 0 saturated carbocycles. The lowest BCUT2D eigenvalue weighted by atomic mass is 9.82. The molecule has 0 fully saturated rings. The third-order valence-corrected chi connectivity index (χ3v) is 11.5. The zero-order valence-electron chi connectivity index (χ0n) is 29.5. The monoisotopic (exact) mass is 678 g/mol. The molecule has 4 heterocycles. The molecule has 0 bridgehead atoms. The molecule has 0 aliphatic heterocycles. The molecule has 0 N–H and O–H groups in total. The van der Waals surface area contributed by atoms with Crippen LogP contribution in [-0.4, -0.2) is 19.1 Å². The van der Waals surface area contributed by atoms with Gasteiger partial charge in [-0.15, -0.1) is 0 Å². The summed E-state index contributed by atoms with van der Waals surface area (Å²) in [5, 5.41) is 4.99. The molecule has 0 radical (unpaired) electrons. The molecular weight excluding hydrogens is 645 g/mol. The van der Waals surface area contributed by atoms with Crippen LogP contribution in [0.2, 0.25) is 0 Å². The van der Waals surface area contributed by atoms with Gasteiger partial charge in [0.2, 0.25) is 0 Å². The van der Waals surface area contributed by atoms with Crippen LogP contribution < -0.4 is 0 Å². The van der Waals surface area contributed by atoms with Crippen molar-refractivity contribution in [1.29, 1.82) is 0 Å². The van der Waals surface area contributed by atoms with Gasteiger partial charge in [-0.05, 0) is 129 Å². The lowest BCUT2D eigenvalue weighted by molar-refractivity contribution is 0.660. The first-order chi connectivity index (χ1) is 26.0. The maximum atomic E-state index is 4.23. The fraction of sp³-hybridized carbons (Fsp3) is 0.0612. The standard InChI is InChI=1S/C49H34N4/c1-49(2)43-15-13-35(52-45-9-5-3-7-37(45)41-27-33(11-17-47(41)52)31-19-23-50-24-20-31)29-39(43)40-30-36(14-16-44(40)49)53-46-10-6-4-8-38(46)42-28-34(12-18-48(42)53)32-21-25-51-26-22-32/h3-30H,1-2H3. The summed E-state index contributed by atoms with van der Waals surface area (Å²) >= 11 is 0. The van der Waals surface area contributed by atoms with E-state index in [9.17, 15) is 0 Å². The first-order valence-corrected chi connectivity index (χ1v) is 18.2. The molecule has 4 aromatic heterocycles. The average Bonchev–Trinajstić information content (AvgIpc) is 3.80. The van der Waals surface area contributed by atoms with E-state index < -0.39 is 0 Å². The fourth-order valence-corrected chi connectivity index (χ4v) is 8.97. The van der Waals surface area contributed by atoms with Crippen LogP contribution in [-0.2, 0) is 5.41 Å². The first kappa shape index (κ1) is 29.9. The number of para-hydroxylation sites is 2. The van der Waals surface area contributed by atoms with Gasteiger partial charge in [0.25, 0.3) is 0 Å². The van der Waals surface area contributed by atoms with Gasteiger partial charge in [-0.2, -0.15) is 0 Å². The van der Waals surface area contributed by atoms with Crippen molar-refractivity contribution in [2.75, 3.05) is 0 Å². The molecular formula is C49H34N4. The minimum absolute atomic E-state index is 0.123. The summed E-state index contributed by atoms with van der Waals surface area (Å²) in [6.45, 7) is 4.72. The van der Waals surface area contributed by atoms with Crippen LogP contribution >= 0.6 is 0 Å². The zero-order valence-corrected chi connectivity index (χ0v) is 29.5. The molecule has 4 nitrogen and oxygen atoms in total. The first-order valence-electron chi connectivity index (χ1n) is 18.2. The molecule has 1 aliphatic carbocycles. The molecule has 250 valence electrons. The van der Waals surface area contributed by atoms with Crippen molar-refractivity contribution in [2.45, 2.75) is 19.3 Å². The second-order valence-corrected chi connectivity index (χ2v) is 14.7. The number of aromatic nitrogens is 4. The topological polar surface area (TPSA) is 35.6 Å². The highest BCUT2D eigenvalue weighted by molar-refractivity contribution is 6.12. The van der Waals surface area contributed by atoms with Crippen LogP contribution in [0.1, 0.15) is 25.0 Å². The smallest absolute Gasteiger partial charge is 0.0541 e. The second-order valence-electron chi connectivity index (χ2n) is 14.7. The van der Waals surface area contributed by atoms with Gasteiger partial charge < -0.3 is 9.13 Å². The maximum Gasteiger partial charge on any atom is 0.0541 e. The van der Waals surface area contributed by atoms with Gasteiger partial charge in [-0.25, -0.2) is 0 Å². The van der Waals surface area contributed by atoms with Crippen LogP contribution in [0.5, 0.6) is 0 Å². The molecule has 4 heteroatoms. The molecule has 0 atom stereocenters. The van der Waals surface area contributed by atoms with E-state index in [0.717, 1.165) is 0 Å². The number of hydrogen-bond acceptors (Lipinski definition) is 2. The van der Waals surface area contributed by atoms with E-state index in [1.807, 2.05) is 24.8 Å². The predicted octanol–water partition coefficient (Wildman–Crippen LogP) is 12.3. The summed E-state index contributed by atoms with van der Waals surface area (Å²) in [6.07, 6.45) is 7.44. The minimum Gasteiger partial charge on any atom is -0.309 e. The van der Waals surface area contributed by atoms with Gasteiger partial charge in [-0.1, -0.05) is 74.5 Å². The Kier molecular flexibility index (Phi) is 6.27. The molecule has 11 rings (SSSR count). The third kappa shape index (κ3) is 4.36. The second kappa shape index (κ2) is 11.1. The highest BCUT2D eigenvalue weighted by Gasteiger charge is 2.36. The molecule has 0 saturated heterocycles. The van der Waals surface area contributed by atoms with E-state index in [2.05, 4.69) is 179 Å². The summed E-state index contributed by atoms with van der Waals surface area (Å²) in [5.41, 5.74) is 17.1. The minimum atomic E-state index is -0.123. The zero-order chi connectivity index (χ0) is 35.3. The Labute approximate surface area is 307 Å². The van der Waals surface area contributed by atoms with Crippen molar-refractivity contribution in [3.63, 3.8) is 0 Å². The van der Waals surface area contributed by atoms with Crippen molar-refractivity contribution in [3.05, 3.63) is 182 Å². The summed E-state index contributed by atoms with van der Waals surface area (Å²) in [7, 11) is 0. The van der Waals surface area contributed by atoms with Gasteiger partial charge in [0, 0.05) is 63.1 Å². The number of nitrogens with zero attached hydrogens (tertiary/aromatic N) is 4. The van der Waals surface area contributed by atoms with E-state index in [-0.39, 0.29) is 5.41 Å². The lowest BCUT2D eigenvalue weighted by Crippen LogP contribution is -2.15. The summed E-state index contributed by atoms with van der Waals surface area (Å²) < 4.78 is 4.87. The lowest BCUT2D eigenvalue weighted by Gasteiger charge is -2.22. The molecule has 0 amide bonds. The Balaban J connectivity index is 1.10. The Bertz CT molecular complexity index is 2870. The van der Waals surface area contributed by atoms with Crippen LogP contribution in [0.4, 0.5) is 0 Å². The molecule has 1 aliphatic rings. The average molecular weight is 679 g/mol. The van der Waals surface area contributed by atoms with Gasteiger partial charge >= 0.3 is 0 Å². The number of fused-ring (bicyclic) bond motifs is 9. The van der Waals surface area contributed by atoms with Gasteiger partial charge in [0.05, 0.1) is 22.1 Å². The largest absolute Gasteiger partial charge is 0.309 e. The summed E-state index contributed by atoms with van der Waals surface area (Å²) in [4.78, 5) is 8.47. The van der Waals surface area contributed by atoms with Crippen LogP contribution in [0, 0.1) is 0 Å². The Hall–Kier alpha value is -6.78. The van der Waals surface area contributed by atoms with Crippen LogP contribution in [0.25, 0.3) is 88.4 Å². The van der Waals surface area contributed by atoms with Crippen molar-refractivity contribution < 1.29 is 0 Å². The number of pyridine rings is 2. The molecule has 6 aromatic carbocycles. The van der Waals surface area contributed by atoms with Gasteiger partial charge in [0.1, 0.15) is 0 Å². The highest BCUT2D eigenvalue weighted by atomic mass is 15.0. The number of hydrogen-bond donors (Lipinski definition) is 0. The van der Waals surface area contributed by atoms with E-state index in [1.54, 1.807) is 0 Å². The van der Waals surface area contributed by atoms with Crippen molar-refractivity contribution in [1.82, 2.24) is 19.1 Å². The molecule has 53 heavy (non-hydrogen) atoms. The molecule has 0 spiro atoms. The molecule has 0 unspecified atom stereocenters. The van der Waals surface area contributed by atoms with Crippen molar-refractivity contribution in [2.24, 2.45) is 0 Å². The quantitative estimate of drug-likeness (QED) is 0.186. The van der Waals surface area contributed by atoms with Gasteiger partial charge in [0.15, 0.2) is 0 Å². The summed E-state index contributed by atoms with van der Waals surface area (Å²) in [5.74, 6) is 0. The van der Waals surface area contributed by atoms with Crippen LogP contribution in [0.3, 0.4) is 0 Å². The van der Waals surface area contributed by atoms with E-state index in [0.29, 0.717) is 0 Å². The maximum absolute atomic E-state index is 4.23. The number of rotatable bonds is 4. The Morgan fingerprint density at radius 2 is 0.792 bits per heavy atom. The SMILES string of the molecule is CC1(C)c2ccc(-n3c4ccccc4c4cc(-c5ccncc5)ccc43)cc2-c2cc(-n3c4ccccc4c4cc(-c5ccncc5)ccc43)ccc21. The molecule has 10 aromatic rings. The van der Waals surface area contributed by atoms with E-state index in [1.165, 1.54) is 99.5 Å². The third-order valence-electron chi connectivity index (χ3n) is 11.5. The van der Waals surface area contributed by atoms with Crippen molar-refractivity contribution >= 4 is 43.6 Å². The normalized spacial score (nSPS) is 13.2. The van der Waals surface area contributed by atoms with Crippen molar-refractivity contribution in [3.8, 4) is 44.8 Å². The van der Waals surface area contributed by atoms with E-state index in [4.69, 9.17) is 0 Å². The predicted molar refractivity (Wildman–Crippen MR) is 219 cm³/mol. The Morgan fingerprint density at radius 3 is 1.25 bits per heavy atom. The van der Waals surface area contributed by atoms with Gasteiger partial charge in [-0.3, -0.25) is 9.97 Å².